The molecule has 2 aromatic rings. The van der Waals surface area contributed by atoms with Crippen molar-refractivity contribution in [2.45, 2.75) is 32.6 Å². The van der Waals surface area contributed by atoms with Gasteiger partial charge in [-0.3, -0.25) is 10.1 Å². The van der Waals surface area contributed by atoms with Crippen molar-refractivity contribution < 1.29 is 4.79 Å². The fourth-order valence-corrected chi connectivity index (χ4v) is 3.43. The largest absolute Gasteiger partial charge is 0.369 e. The Bertz CT molecular complexity index is 631. The lowest BCUT2D eigenvalue weighted by atomic mass is 10.2. The molecule has 0 radical (unpaired) electrons. The number of aryl methyl sites for hydroxylation is 2. The molecule has 3 rings (SSSR count). The number of fused-ring (bicyclic) bond motifs is 1. The summed E-state index contributed by atoms with van der Waals surface area (Å²) in [5, 5.41) is 6.76. The van der Waals surface area contributed by atoms with Crippen LogP contribution >= 0.6 is 11.3 Å². The van der Waals surface area contributed by atoms with Gasteiger partial charge in [0.05, 0.1) is 11.3 Å². The van der Waals surface area contributed by atoms with Gasteiger partial charge in [0.2, 0.25) is 0 Å². The SMILES string of the molecule is CCCNc1ncccc1C(=O)Nc1nc2c(s1)CCC2. The molecule has 0 spiro atoms. The number of nitrogens with zero attached hydrogens (tertiary/aromatic N) is 2. The number of carbonyl (C=O) groups is 1. The highest BCUT2D eigenvalue weighted by molar-refractivity contribution is 7.16. The normalized spacial score (nSPS) is 13.0. The van der Waals surface area contributed by atoms with Crippen LogP contribution in [0.25, 0.3) is 0 Å². The lowest BCUT2D eigenvalue weighted by Gasteiger charge is -2.09. The van der Waals surface area contributed by atoms with Crippen molar-refractivity contribution in [1.82, 2.24) is 9.97 Å². The van der Waals surface area contributed by atoms with Gasteiger partial charge >= 0.3 is 0 Å². The van der Waals surface area contributed by atoms with E-state index in [9.17, 15) is 4.79 Å². The molecule has 2 aromatic heterocycles. The second-order valence-corrected chi connectivity index (χ2v) is 6.11. The number of pyridine rings is 1. The van der Waals surface area contributed by atoms with E-state index in [-0.39, 0.29) is 5.91 Å². The van der Waals surface area contributed by atoms with E-state index < -0.39 is 0 Å². The van der Waals surface area contributed by atoms with Crippen molar-refractivity contribution in [2.75, 3.05) is 17.2 Å². The van der Waals surface area contributed by atoms with E-state index >= 15 is 0 Å². The lowest BCUT2D eigenvalue weighted by molar-refractivity contribution is 0.102. The van der Waals surface area contributed by atoms with Crippen molar-refractivity contribution >= 4 is 28.2 Å². The minimum atomic E-state index is -0.158. The molecule has 0 fully saturated rings. The third-order valence-electron chi connectivity index (χ3n) is 3.41. The van der Waals surface area contributed by atoms with Crippen LogP contribution in [0.2, 0.25) is 0 Å². The van der Waals surface area contributed by atoms with Crippen molar-refractivity contribution in [2.24, 2.45) is 0 Å². The average Bonchev–Trinajstić information content (AvgIpc) is 3.06. The molecule has 0 unspecified atom stereocenters. The summed E-state index contributed by atoms with van der Waals surface area (Å²) in [4.78, 5) is 22.4. The van der Waals surface area contributed by atoms with Gasteiger partial charge in [0, 0.05) is 17.6 Å². The van der Waals surface area contributed by atoms with Crippen molar-refractivity contribution in [3.8, 4) is 0 Å². The van der Waals surface area contributed by atoms with Crippen molar-refractivity contribution in [1.29, 1.82) is 0 Å². The molecule has 0 aliphatic heterocycles. The summed E-state index contributed by atoms with van der Waals surface area (Å²) in [6.45, 7) is 2.87. The highest BCUT2D eigenvalue weighted by Gasteiger charge is 2.19. The van der Waals surface area contributed by atoms with Gasteiger partial charge in [0.1, 0.15) is 5.82 Å². The van der Waals surface area contributed by atoms with E-state index in [0.29, 0.717) is 16.5 Å². The average molecular weight is 302 g/mol. The first-order chi connectivity index (χ1) is 10.3. The zero-order valence-electron chi connectivity index (χ0n) is 12.0. The second-order valence-electron chi connectivity index (χ2n) is 5.02. The van der Waals surface area contributed by atoms with Gasteiger partial charge in [-0.1, -0.05) is 6.92 Å². The molecule has 2 heterocycles. The fourth-order valence-electron chi connectivity index (χ4n) is 2.38. The van der Waals surface area contributed by atoms with Crippen molar-refractivity contribution in [3.63, 3.8) is 0 Å². The van der Waals surface area contributed by atoms with Crippen LogP contribution in [0, 0.1) is 0 Å². The van der Waals surface area contributed by atoms with E-state index in [1.807, 2.05) is 0 Å². The molecule has 0 bridgehead atoms. The first kappa shape index (κ1) is 14.0. The van der Waals surface area contributed by atoms with Gasteiger partial charge < -0.3 is 5.32 Å². The minimum absolute atomic E-state index is 0.158. The Balaban J connectivity index is 1.75. The molecule has 21 heavy (non-hydrogen) atoms. The van der Waals surface area contributed by atoms with Crippen LogP contribution in [0.5, 0.6) is 0 Å². The zero-order chi connectivity index (χ0) is 14.7. The molecule has 6 heteroatoms. The number of hydrogen-bond donors (Lipinski definition) is 2. The van der Waals surface area contributed by atoms with Gasteiger partial charge in [-0.15, -0.1) is 11.3 Å². The number of rotatable bonds is 5. The van der Waals surface area contributed by atoms with Crippen molar-refractivity contribution in [3.05, 3.63) is 34.5 Å². The number of carbonyl (C=O) groups excluding carboxylic acids is 1. The van der Waals surface area contributed by atoms with Gasteiger partial charge in [0.15, 0.2) is 5.13 Å². The summed E-state index contributed by atoms with van der Waals surface area (Å²) in [6.07, 6.45) is 5.95. The molecule has 1 amide bonds. The smallest absolute Gasteiger partial charge is 0.261 e. The molecule has 1 aliphatic rings. The molecule has 0 aromatic carbocycles. The number of aromatic nitrogens is 2. The van der Waals surface area contributed by atoms with Crippen LogP contribution in [-0.2, 0) is 12.8 Å². The first-order valence-electron chi connectivity index (χ1n) is 7.26. The van der Waals surface area contributed by atoms with Gasteiger partial charge in [-0.25, -0.2) is 9.97 Å². The third kappa shape index (κ3) is 3.05. The standard InChI is InChI=1S/C15H18N4OS/c1-2-8-16-13-10(5-4-9-17-13)14(20)19-15-18-11-6-3-7-12(11)21-15/h4-5,9H,2-3,6-8H2,1H3,(H,16,17)(H,18,19,20). The van der Waals surface area contributed by atoms with Crippen LogP contribution in [-0.4, -0.2) is 22.4 Å². The monoisotopic (exact) mass is 302 g/mol. The number of amides is 1. The predicted octanol–water partition coefficient (Wildman–Crippen LogP) is 3.10. The molecular formula is C15H18N4OS. The summed E-state index contributed by atoms with van der Waals surface area (Å²) in [5.41, 5.74) is 1.70. The van der Waals surface area contributed by atoms with E-state index in [2.05, 4.69) is 27.5 Å². The molecule has 0 saturated heterocycles. The fraction of sp³-hybridized carbons (Fsp3) is 0.400. The number of anilines is 2. The van der Waals surface area contributed by atoms with Crippen LogP contribution in [0.3, 0.4) is 0 Å². The van der Waals surface area contributed by atoms with E-state index in [4.69, 9.17) is 0 Å². The lowest BCUT2D eigenvalue weighted by Crippen LogP contribution is -2.16. The minimum Gasteiger partial charge on any atom is -0.369 e. The van der Waals surface area contributed by atoms with Gasteiger partial charge in [0.25, 0.3) is 5.91 Å². The molecule has 5 nitrogen and oxygen atoms in total. The Labute approximate surface area is 127 Å². The second kappa shape index (κ2) is 6.22. The van der Waals surface area contributed by atoms with Crippen LogP contribution in [0.15, 0.2) is 18.3 Å². The summed E-state index contributed by atoms with van der Waals surface area (Å²) in [5.74, 6) is 0.468. The Kier molecular flexibility index (Phi) is 4.15. The Morgan fingerprint density at radius 2 is 2.33 bits per heavy atom. The molecule has 2 N–H and O–H groups in total. The van der Waals surface area contributed by atoms with E-state index in [0.717, 1.165) is 31.5 Å². The maximum Gasteiger partial charge on any atom is 0.261 e. The molecule has 1 aliphatic carbocycles. The first-order valence-corrected chi connectivity index (χ1v) is 8.08. The third-order valence-corrected chi connectivity index (χ3v) is 4.48. The highest BCUT2D eigenvalue weighted by Crippen LogP contribution is 2.30. The molecule has 0 saturated carbocycles. The molecule has 110 valence electrons. The van der Waals surface area contributed by atoms with E-state index in [1.165, 1.54) is 11.3 Å². The summed E-state index contributed by atoms with van der Waals surface area (Å²) < 4.78 is 0. The summed E-state index contributed by atoms with van der Waals surface area (Å²) in [6, 6.07) is 3.55. The zero-order valence-corrected chi connectivity index (χ0v) is 12.8. The topological polar surface area (TPSA) is 66.9 Å². The van der Waals surface area contributed by atoms with Gasteiger partial charge in [-0.05, 0) is 37.8 Å². The van der Waals surface area contributed by atoms with Crippen LogP contribution < -0.4 is 10.6 Å². The quantitative estimate of drug-likeness (QED) is 0.890. The van der Waals surface area contributed by atoms with Crippen LogP contribution in [0.4, 0.5) is 10.9 Å². The molecule has 0 atom stereocenters. The highest BCUT2D eigenvalue weighted by atomic mass is 32.1. The predicted molar refractivity (Wildman–Crippen MR) is 85.1 cm³/mol. The van der Waals surface area contributed by atoms with E-state index in [1.54, 1.807) is 29.7 Å². The van der Waals surface area contributed by atoms with Crippen LogP contribution in [0.1, 0.15) is 40.7 Å². The Morgan fingerprint density at radius 3 is 3.14 bits per heavy atom. The Morgan fingerprint density at radius 1 is 1.43 bits per heavy atom. The number of thiazole rings is 1. The summed E-state index contributed by atoms with van der Waals surface area (Å²) in [7, 11) is 0. The summed E-state index contributed by atoms with van der Waals surface area (Å²) >= 11 is 1.58. The maximum atomic E-state index is 12.4. The molecular weight excluding hydrogens is 284 g/mol. The van der Waals surface area contributed by atoms with Gasteiger partial charge in [-0.2, -0.15) is 0 Å². The maximum absolute atomic E-state index is 12.4. The number of hydrogen-bond acceptors (Lipinski definition) is 5. The Hall–Kier alpha value is -1.95. The number of nitrogens with one attached hydrogen (secondary N) is 2.